The number of para-hydroxylation sites is 2. The minimum absolute atomic E-state index is 0.146. The topological polar surface area (TPSA) is 111 Å². The minimum atomic E-state index is 0.146. The second-order valence-electron chi connectivity index (χ2n) is 28.7. The molecule has 14 rings (SSSR count). The maximum absolute atomic E-state index is 6.27. The van der Waals surface area contributed by atoms with Crippen molar-refractivity contribution < 1.29 is 56.8 Å². The van der Waals surface area contributed by atoms with Gasteiger partial charge in [0.2, 0.25) is 0 Å². The Morgan fingerprint density at radius 3 is 0.625 bits per heavy atom. The van der Waals surface area contributed by atoms with Gasteiger partial charge in [-0.05, 0) is 163 Å². The summed E-state index contributed by atoms with van der Waals surface area (Å²) in [6.45, 7) is 1.39. The lowest BCUT2D eigenvalue weighted by Gasteiger charge is -2.17. The second kappa shape index (κ2) is 61.6. The lowest BCUT2D eigenvalue weighted by molar-refractivity contribution is 0.0511. The molecule has 14 aromatic carbocycles. The highest BCUT2D eigenvalue weighted by Gasteiger charge is 2.19. The smallest absolute Gasteiger partial charge is 0.188 e. The van der Waals surface area contributed by atoms with Gasteiger partial charge < -0.3 is 56.8 Å². The van der Waals surface area contributed by atoms with Crippen molar-refractivity contribution in [2.75, 3.05) is 83.4 Å². The van der Waals surface area contributed by atoms with E-state index in [0.29, 0.717) is 0 Å². The van der Waals surface area contributed by atoms with E-state index in [2.05, 4.69) is 231 Å². The molecule has 24 heteroatoms. The van der Waals surface area contributed by atoms with Crippen molar-refractivity contribution in [1.29, 1.82) is 0 Å². The molecule has 0 heterocycles. The van der Waals surface area contributed by atoms with E-state index in [9.17, 15) is 0 Å². The molecule has 0 aliphatic carbocycles. The fraction of sp³-hybridized carbons (Fsp3) is 0.192. The summed E-state index contributed by atoms with van der Waals surface area (Å²) in [5.41, 5.74) is 19.7. The largest absolute Gasteiger partial charge is 0.467 e. The highest BCUT2D eigenvalue weighted by Crippen LogP contribution is 2.36. The van der Waals surface area contributed by atoms with Gasteiger partial charge in [-0.2, -0.15) is 0 Å². The van der Waals surface area contributed by atoms with Gasteiger partial charge in [0.15, 0.2) is 40.8 Å². The van der Waals surface area contributed by atoms with Crippen molar-refractivity contribution in [3.05, 3.63) is 429 Å². The van der Waals surface area contributed by atoms with E-state index < -0.39 is 0 Å². The Morgan fingerprint density at radius 2 is 0.383 bits per heavy atom. The number of benzene rings is 14. The van der Waals surface area contributed by atoms with Crippen LogP contribution >= 0.6 is 115 Å². The first-order chi connectivity index (χ1) is 62.9. The Labute approximate surface area is 795 Å². The molecule has 0 aliphatic rings. The van der Waals surface area contributed by atoms with E-state index in [1.165, 1.54) is 66.8 Å². The monoisotopic (exact) mass is 1940 g/mol. The molecule has 0 aromatic heterocycles. The van der Waals surface area contributed by atoms with Crippen LogP contribution in [0, 0.1) is 0 Å². The van der Waals surface area contributed by atoms with Gasteiger partial charge in [-0.1, -0.05) is 359 Å². The van der Waals surface area contributed by atoms with Crippen LogP contribution in [-0.2, 0) is 79.8 Å². The zero-order valence-electron chi connectivity index (χ0n) is 72.4. The zero-order chi connectivity index (χ0) is 90.4. The summed E-state index contributed by atoms with van der Waals surface area (Å²) in [4.78, 5) is 0. The standard InChI is InChI=1S/2C22H22ClO2P.4C15H16ClO2P/c2*1-24-16-25-22-20(13-18-10-6-3-7-11-18)14-19(15-21(22)26-23)12-17-8-4-2-5-9-17;2*1-17-11-18-15-13(8-5-9-14(15)19-16)10-12-6-3-2-4-7-12;2*1-17-11-18-14-8-7-13(10-15(14)19-16)9-12-5-3-2-4-6-12/h2*2-11,14-15,26H,12-13,16H2,1H3;2*2-9,19H,10-11H2,1H3;2*2-8,10,19H,9,11H2,1H3. The van der Waals surface area contributed by atoms with Gasteiger partial charge in [0.25, 0.3) is 0 Å². The maximum atomic E-state index is 6.27. The number of hydrogen-bond donors (Lipinski definition) is 0. The first-order valence-electron chi connectivity index (χ1n) is 41.0. The maximum Gasteiger partial charge on any atom is 0.188 e. The van der Waals surface area contributed by atoms with Crippen LogP contribution in [0.5, 0.6) is 34.5 Å². The average Bonchev–Trinajstić information content (AvgIpc) is 0.817. The van der Waals surface area contributed by atoms with Crippen molar-refractivity contribution in [3.8, 4) is 34.5 Å². The van der Waals surface area contributed by atoms with Crippen molar-refractivity contribution in [2.45, 2.75) is 51.4 Å². The van der Waals surface area contributed by atoms with E-state index in [1.54, 1.807) is 42.7 Å². The fourth-order valence-corrected chi connectivity index (χ4v) is 19.1. The number of hydrogen-bond acceptors (Lipinski definition) is 12. The van der Waals surface area contributed by atoms with E-state index >= 15 is 0 Å². The summed E-state index contributed by atoms with van der Waals surface area (Å²) < 4.78 is 64.1. The molecule has 0 aliphatic heterocycles. The first kappa shape index (κ1) is 104. The highest BCUT2D eigenvalue weighted by molar-refractivity contribution is 7.76. The minimum Gasteiger partial charge on any atom is -0.467 e. The normalized spacial score (nSPS) is 11.1. The van der Waals surface area contributed by atoms with Crippen LogP contribution in [0.1, 0.15) is 89.0 Å². The van der Waals surface area contributed by atoms with E-state index in [4.69, 9.17) is 124 Å². The molecule has 0 saturated carbocycles. The quantitative estimate of drug-likeness (QED) is 0.0269. The Hall–Kier alpha value is -8.04. The summed E-state index contributed by atoms with van der Waals surface area (Å²) in [5, 5.41) is 6.14. The summed E-state index contributed by atoms with van der Waals surface area (Å²) in [5.74, 6) is 4.99. The first-order valence-corrected chi connectivity index (χ1v) is 53.1. The molecule has 6 unspecified atom stereocenters. The van der Waals surface area contributed by atoms with Gasteiger partial charge in [0, 0.05) is 148 Å². The highest BCUT2D eigenvalue weighted by atomic mass is 35.7. The van der Waals surface area contributed by atoms with Gasteiger partial charge >= 0.3 is 0 Å². The van der Waals surface area contributed by atoms with Gasteiger partial charge in [0.05, 0.1) is 0 Å². The molecule has 0 bridgehead atoms. The van der Waals surface area contributed by atoms with Gasteiger partial charge in [-0.3, -0.25) is 0 Å². The molecule has 668 valence electrons. The average molecular weight is 1950 g/mol. The summed E-state index contributed by atoms with van der Waals surface area (Å²) in [7, 11) is 10.7. The lowest BCUT2D eigenvalue weighted by Crippen LogP contribution is -2.11. The number of methoxy groups -OCH3 is 6. The summed E-state index contributed by atoms with van der Waals surface area (Å²) in [6, 6.07) is 116. The SMILES string of the molecule is COCOc1c(Cc2ccccc2)cc(Cc2ccccc2)cc1PCl.COCOc1c(Cc2ccccc2)cc(Cc2ccccc2)cc1PCl.COCOc1c(Cc2ccccc2)cccc1PCl.COCOc1c(Cc2ccccc2)cccc1PCl.COCOc1ccc(Cc2ccccc2)cc1PCl.COCOc1ccc(Cc2ccccc2)cc1PCl. The van der Waals surface area contributed by atoms with Crippen molar-refractivity contribution in [2.24, 2.45) is 0 Å². The lowest BCUT2D eigenvalue weighted by atomic mass is 9.98. The van der Waals surface area contributed by atoms with Crippen LogP contribution in [-0.4, -0.2) is 83.4 Å². The van der Waals surface area contributed by atoms with Crippen LogP contribution < -0.4 is 60.2 Å². The molecular weight excluding hydrogens is 1840 g/mol. The molecule has 14 aromatic rings. The molecule has 12 nitrogen and oxygen atoms in total. The zero-order valence-corrected chi connectivity index (χ0v) is 82.9. The van der Waals surface area contributed by atoms with Gasteiger partial charge in [0.1, 0.15) is 34.5 Å². The van der Waals surface area contributed by atoms with Crippen molar-refractivity contribution >= 4 is 147 Å². The Kier molecular flexibility index (Phi) is 49.9. The molecule has 0 spiro atoms. The van der Waals surface area contributed by atoms with Gasteiger partial charge in [-0.15, -0.1) is 0 Å². The van der Waals surface area contributed by atoms with Gasteiger partial charge in [-0.25, -0.2) is 0 Å². The number of ether oxygens (including phenoxy) is 12. The number of halogens is 6. The Balaban J connectivity index is 0.000000174. The summed E-state index contributed by atoms with van der Waals surface area (Å²) in [6.07, 6.45) is 6.82. The fourth-order valence-electron chi connectivity index (χ4n) is 13.5. The van der Waals surface area contributed by atoms with E-state index in [-0.39, 0.29) is 88.4 Å². The van der Waals surface area contributed by atoms with Crippen LogP contribution in [0.15, 0.2) is 340 Å². The molecule has 0 saturated heterocycles. The molecular formula is C104H108Cl6O12P6. The molecule has 0 fully saturated rings. The predicted octanol–water partition coefficient (Wildman–Crippen LogP) is 25.5. The Morgan fingerprint density at radius 1 is 0.172 bits per heavy atom. The molecule has 6 atom stereocenters. The van der Waals surface area contributed by atoms with Crippen LogP contribution in [0.4, 0.5) is 0 Å². The third kappa shape index (κ3) is 36.6. The third-order valence-corrected chi connectivity index (χ3v) is 26.4. The van der Waals surface area contributed by atoms with Crippen molar-refractivity contribution in [3.63, 3.8) is 0 Å². The van der Waals surface area contributed by atoms with Crippen molar-refractivity contribution in [1.82, 2.24) is 0 Å². The summed E-state index contributed by atoms with van der Waals surface area (Å²) >= 11 is 36.5. The van der Waals surface area contributed by atoms with Crippen LogP contribution in [0.3, 0.4) is 0 Å². The Bertz CT molecular complexity index is 5090. The van der Waals surface area contributed by atoms with E-state index in [1.807, 2.05) is 109 Å². The van der Waals surface area contributed by atoms with Crippen LogP contribution in [0.25, 0.3) is 0 Å². The molecule has 0 radical (unpaired) electrons. The predicted molar refractivity (Wildman–Crippen MR) is 550 cm³/mol. The van der Waals surface area contributed by atoms with E-state index in [0.717, 1.165) is 140 Å². The second-order valence-corrected chi connectivity index (χ2v) is 36.5. The molecule has 0 amide bonds. The molecule has 0 N–H and O–H groups in total. The third-order valence-electron chi connectivity index (χ3n) is 19.2. The molecule has 128 heavy (non-hydrogen) atoms. The van der Waals surface area contributed by atoms with Crippen LogP contribution in [0.2, 0.25) is 0 Å². The number of rotatable bonds is 40.